The average Bonchev–Trinajstić information content (AvgIpc) is 3.49. The van der Waals surface area contributed by atoms with Crippen molar-refractivity contribution in [3.8, 4) is 0 Å². The topological polar surface area (TPSA) is 76.0 Å². The molecule has 2 N–H and O–H groups in total. The van der Waals surface area contributed by atoms with Crippen molar-refractivity contribution in [2.45, 2.75) is 62.8 Å². The number of hydrogen-bond donors (Lipinski definition) is 2. The minimum absolute atomic E-state index is 0.0514. The first-order valence-electron chi connectivity index (χ1n) is 11.7. The van der Waals surface area contributed by atoms with Gasteiger partial charge in [-0.15, -0.1) is 0 Å². The Kier molecular flexibility index (Phi) is 4.27. The molecule has 0 spiro atoms. The van der Waals surface area contributed by atoms with E-state index in [9.17, 15) is 9.59 Å². The molecule has 7 rings (SSSR count). The first-order valence-corrected chi connectivity index (χ1v) is 11.7. The first-order chi connectivity index (χ1) is 15.0. The predicted molar refractivity (Wildman–Crippen MR) is 118 cm³/mol. The predicted octanol–water partition coefficient (Wildman–Crippen LogP) is 4.25. The third kappa shape index (κ3) is 3.46. The molecule has 4 bridgehead atoms. The lowest BCUT2D eigenvalue weighted by Crippen LogP contribution is -2.59. The largest absolute Gasteiger partial charge is 0.347 e. The molecule has 5 aliphatic carbocycles. The molecule has 162 valence electrons. The van der Waals surface area contributed by atoms with Crippen LogP contribution in [0.1, 0.15) is 83.8 Å². The summed E-state index contributed by atoms with van der Waals surface area (Å²) < 4.78 is 1.64. The molecule has 0 aliphatic heterocycles. The van der Waals surface area contributed by atoms with Gasteiger partial charge in [-0.3, -0.25) is 14.3 Å². The van der Waals surface area contributed by atoms with Gasteiger partial charge in [-0.25, -0.2) is 0 Å². The molecule has 2 aromatic rings. The fourth-order valence-corrected chi connectivity index (χ4v) is 6.83. The molecule has 5 aliphatic rings. The molecule has 0 saturated heterocycles. The highest BCUT2D eigenvalue weighted by molar-refractivity contribution is 6.08. The van der Waals surface area contributed by atoms with Crippen LogP contribution in [-0.4, -0.2) is 27.1 Å². The van der Waals surface area contributed by atoms with Crippen LogP contribution >= 0.6 is 0 Å². The fraction of sp³-hybridized carbons (Fsp3) is 0.560. The maximum Gasteiger partial charge on any atom is 0.273 e. The second-order valence-electron chi connectivity index (χ2n) is 10.5. The number of para-hydroxylation sites is 1. The zero-order chi connectivity index (χ0) is 21.2. The molecule has 1 aromatic heterocycles. The summed E-state index contributed by atoms with van der Waals surface area (Å²) in [5.74, 6) is 2.51. The van der Waals surface area contributed by atoms with Gasteiger partial charge in [-0.1, -0.05) is 12.1 Å². The van der Waals surface area contributed by atoms with E-state index in [1.807, 2.05) is 30.3 Å². The molecule has 5 fully saturated rings. The molecule has 6 heteroatoms. The molecular formula is C25H30N4O2. The number of benzene rings is 1. The van der Waals surface area contributed by atoms with Crippen molar-refractivity contribution in [3.63, 3.8) is 0 Å². The van der Waals surface area contributed by atoms with E-state index >= 15 is 0 Å². The van der Waals surface area contributed by atoms with Crippen LogP contribution in [-0.2, 0) is 7.05 Å². The van der Waals surface area contributed by atoms with Gasteiger partial charge in [-0.2, -0.15) is 5.10 Å². The molecule has 1 aromatic carbocycles. The summed E-state index contributed by atoms with van der Waals surface area (Å²) in [7, 11) is 1.80. The van der Waals surface area contributed by atoms with Crippen LogP contribution in [0.25, 0.3) is 0 Å². The Labute approximate surface area is 182 Å². The number of amides is 2. The van der Waals surface area contributed by atoms with Gasteiger partial charge in [0.1, 0.15) is 5.69 Å². The number of carbonyl (C=O) groups is 2. The van der Waals surface area contributed by atoms with Gasteiger partial charge in [0, 0.05) is 18.5 Å². The molecule has 31 heavy (non-hydrogen) atoms. The number of nitrogens with zero attached hydrogens (tertiary/aromatic N) is 2. The molecule has 5 saturated carbocycles. The second kappa shape index (κ2) is 6.94. The van der Waals surface area contributed by atoms with E-state index in [4.69, 9.17) is 0 Å². The van der Waals surface area contributed by atoms with Gasteiger partial charge in [0.05, 0.1) is 16.9 Å². The summed E-state index contributed by atoms with van der Waals surface area (Å²) in [4.78, 5) is 26.3. The summed E-state index contributed by atoms with van der Waals surface area (Å²) in [5, 5.41) is 10.9. The quantitative estimate of drug-likeness (QED) is 0.762. The number of rotatable bonds is 5. The van der Waals surface area contributed by atoms with Crippen molar-refractivity contribution >= 4 is 17.5 Å². The zero-order valence-corrected chi connectivity index (χ0v) is 18.1. The van der Waals surface area contributed by atoms with E-state index in [1.54, 1.807) is 11.7 Å². The number of nitrogens with one attached hydrogen (secondary N) is 2. The standard InChI is InChI=1S/C25H30N4O2/c1-29-22(11-21(28-29)18-6-7-18)24(31)26-20-5-3-2-4-19(20)23(30)27-25-12-15-8-16(13-25)10-17(9-15)14-25/h2-5,11,15-18H,6-10,12-14H2,1H3,(H,26,31)(H,27,30). The Morgan fingerprint density at radius 3 is 2.29 bits per heavy atom. The van der Waals surface area contributed by atoms with Crippen LogP contribution in [0.2, 0.25) is 0 Å². The van der Waals surface area contributed by atoms with Gasteiger partial charge in [-0.05, 0) is 87.3 Å². The van der Waals surface area contributed by atoms with Crippen LogP contribution < -0.4 is 10.6 Å². The lowest BCUT2D eigenvalue weighted by molar-refractivity contribution is -0.0166. The van der Waals surface area contributed by atoms with Crippen molar-refractivity contribution in [3.05, 3.63) is 47.3 Å². The Hall–Kier alpha value is -2.63. The third-order valence-corrected chi connectivity index (χ3v) is 7.96. The molecule has 0 unspecified atom stereocenters. The van der Waals surface area contributed by atoms with Gasteiger partial charge in [0.15, 0.2) is 0 Å². The fourth-order valence-electron chi connectivity index (χ4n) is 6.83. The maximum atomic E-state index is 13.4. The Bertz CT molecular complexity index is 1020. The van der Waals surface area contributed by atoms with E-state index in [-0.39, 0.29) is 17.4 Å². The van der Waals surface area contributed by atoms with Crippen molar-refractivity contribution in [2.24, 2.45) is 24.8 Å². The Morgan fingerprint density at radius 1 is 1.00 bits per heavy atom. The maximum absolute atomic E-state index is 13.4. The number of aryl methyl sites for hydroxylation is 1. The van der Waals surface area contributed by atoms with Gasteiger partial charge in [0.25, 0.3) is 11.8 Å². The van der Waals surface area contributed by atoms with Crippen LogP contribution in [0.15, 0.2) is 30.3 Å². The minimum Gasteiger partial charge on any atom is -0.347 e. The van der Waals surface area contributed by atoms with Crippen molar-refractivity contribution in [2.75, 3.05) is 5.32 Å². The smallest absolute Gasteiger partial charge is 0.273 e. The van der Waals surface area contributed by atoms with Crippen molar-refractivity contribution in [1.29, 1.82) is 0 Å². The van der Waals surface area contributed by atoms with Crippen molar-refractivity contribution < 1.29 is 9.59 Å². The van der Waals surface area contributed by atoms with E-state index in [1.165, 1.54) is 19.3 Å². The van der Waals surface area contributed by atoms with E-state index in [0.717, 1.165) is 55.6 Å². The zero-order valence-electron chi connectivity index (χ0n) is 18.1. The Balaban J connectivity index is 1.21. The van der Waals surface area contributed by atoms with Gasteiger partial charge in [0.2, 0.25) is 0 Å². The van der Waals surface area contributed by atoms with Crippen LogP contribution in [0.4, 0.5) is 5.69 Å². The van der Waals surface area contributed by atoms with Crippen LogP contribution in [0.3, 0.4) is 0 Å². The van der Waals surface area contributed by atoms with Gasteiger partial charge >= 0.3 is 0 Å². The number of hydrogen-bond acceptors (Lipinski definition) is 3. The molecule has 0 radical (unpaired) electrons. The monoisotopic (exact) mass is 418 g/mol. The Morgan fingerprint density at radius 2 is 1.65 bits per heavy atom. The summed E-state index contributed by atoms with van der Waals surface area (Å²) in [5.41, 5.74) is 2.56. The lowest BCUT2D eigenvalue weighted by atomic mass is 9.53. The minimum atomic E-state index is -0.225. The lowest BCUT2D eigenvalue weighted by Gasteiger charge is -2.56. The van der Waals surface area contributed by atoms with E-state index in [0.29, 0.717) is 22.9 Å². The number of aromatic nitrogens is 2. The highest BCUT2D eigenvalue weighted by atomic mass is 16.2. The number of carbonyl (C=O) groups excluding carboxylic acids is 2. The third-order valence-electron chi connectivity index (χ3n) is 7.96. The molecule has 6 nitrogen and oxygen atoms in total. The highest BCUT2D eigenvalue weighted by Gasteiger charge is 2.51. The van der Waals surface area contributed by atoms with Crippen molar-refractivity contribution in [1.82, 2.24) is 15.1 Å². The molecule has 1 heterocycles. The van der Waals surface area contributed by atoms with E-state index in [2.05, 4.69) is 15.7 Å². The number of anilines is 1. The summed E-state index contributed by atoms with van der Waals surface area (Å²) in [6.07, 6.45) is 9.64. The highest BCUT2D eigenvalue weighted by Crippen LogP contribution is 2.55. The molecular weight excluding hydrogens is 388 g/mol. The van der Waals surface area contributed by atoms with Crippen LogP contribution in [0, 0.1) is 17.8 Å². The van der Waals surface area contributed by atoms with Crippen LogP contribution in [0.5, 0.6) is 0 Å². The van der Waals surface area contributed by atoms with E-state index < -0.39 is 0 Å². The normalized spacial score (nSPS) is 30.9. The molecule has 2 amide bonds. The SMILES string of the molecule is Cn1nc(C2CC2)cc1C(=O)Nc1ccccc1C(=O)NC12CC3CC(CC(C3)C1)C2. The summed E-state index contributed by atoms with van der Waals surface area (Å²) in [6.45, 7) is 0. The second-order valence-corrected chi connectivity index (χ2v) is 10.5. The summed E-state index contributed by atoms with van der Waals surface area (Å²) in [6, 6.07) is 9.22. The molecule has 0 atom stereocenters. The summed E-state index contributed by atoms with van der Waals surface area (Å²) >= 11 is 0. The first kappa shape index (κ1) is 19.1. The average molecular weight is 419 g/mol. The van der Waals surface area contributed by atoms with Gasteiger partial charge < -0.3 is 10.6 Å².